The third-order valence-electron chi connectivity index (χ3n) is 7.54. The molecule has 0 N–H and O–H groups in total. The first-order valence-electron chi connectivity index (χ1n) is 10.2. The van der Waals surface area contributed by atoms with E-state index in [1.807, 2.05) is 0 Å². The number of rotatable bonds is 9. The highest BCUT2D eigenvalue weighted by atomic mass is 16.6. The van der Waals surface area contributed by atoms with Gasteiger partial charge in [-0.15, -0.1) is 0 Å². The smallest absolute Gasteiger partial charge is 0.104 e. The van der Waals surface area contributed by atoms with Crippen LogP contribution in [0.25, 0.3) is 0 Å². The van der Waals surface area contributed by atoms with Crippen LogP contribution in [0.4, 0.5) is 0 Å². The van der Waals surface area contributed by atoms with Crippen molar-refractivity contribution in [2.24, 2.45) is 35.5 Å². The Balaban J connectivity index is 1.09. The van der Waals surface area contributed by atoms with Crippen LogP contribution in [0, 0.1) is 35.5 Å². The minimum absolute atomic E-state index is 0.399. The van der Waals surface area contributed by atoms with Crippen LogP contribution in [0.2, 0.25) is 0 Å². The van der Waals surface area contributed by atoms with E-state index in [0.29, 0.717) is 18.3 Å². The maximum absolute atomic E-state index is 6.13. The van der Waals surface area contributed by atoms with E-state index < -0.39 is 0 Å². The summed E-state index contributed by atoms with van der Waals surface area (Å²) in [7, 11) is 0. The van der Waals surface area contributed by atoms with Crippen LogP contribution in [0.1, 0.15) is 39.0 Å². The van der Waals surface area contributed by atoms with Crippen molar-refractivity contribution in [2.45, 2.75) is 57.3 Å². The molecular weight excluding hydrogens is 304 g/mol. The second-order valence-electron chi connectivity index (χ2n) is 9.04. The van der Waals surface area contributed by atoms with Crippen molar-refractivity contribution in [1.82, 2.24) is 0 Å². The molecule has 0 aromatic carbocycles. The molecule has 0 amide bonds. The van der Waals surface area contributed by atoms with E-state index in [0.717, 1.165) is 68.5 Å². The van der Waals surface area contributed by atoms with Gasteiger partial charge in [-0.1, -0.05) is 0 Å². The molecule has 5 aliphatic rings. The second-order valence-corrected chi connectivity index (χ2v) is 9.04. The van der Waals surface area contributed by atoms with Gasteiger partial charge in [0.1, 0.15) is 12.2 Å². The molecule has 0 aromatic heterocycles. The molecule has 2 bridgehead atoms. The molecule has 24 heavy (non-hydrogen) atoms. The first kappa shape index (κ1) is 16.0. The maximum atomic E-state index is 6.13. The zero-order valence-electron chi connectivity index (χ0n) is 14.9. The minimum atomic E-state index is 0.399. The molecule has 4 nitrogen and oxygen atoms in total. The Morgan fingerprint density at radius 2 is 1.67 bits per heavy atom. The maximum Gasteiger partial charge on any atom is 0.104 e. The highest BCUT2D eigenvalue weighted by Crippen LogP contribution is 2.63. The lowest BCUT2D eigenvalue weighted by Crippen LogP contribution is -2.33. The molecule has 3 aliphatic carbocycles. The van der Waals surface area contributed by atoms with Crippen LogP contribution in [0.3, 0.4) is 0 Å². The molecule has 136 valence electrons. The van der Waals surface area contributed by atoms with Crippen LogP contribution in [0.5, 0.6) is 0 Å². The van der Waals surface area contributed by atoms with Crippen molar-refractivity contribution in [1.29, 1.82) is 0 Å². The number of fused-ring (bicyclic) bond motifs is 5. The van der Waals surface area contributed by atoms with Crippen LogP contribution in [0.15, 0.2) is 0 Å². The van der Waals surface area contributed by atoms with Gasteiger partial charge >= 0.3 is 0 Å². The fraction of sp³-hybridized carbons (Fsp3) is 1.00. The first-order valence-corrected chi connectivity index (χ1v) is 10.2. The number of epoxide rings is 2. The zero-order chi connectivity index (χ0) is 16.1. The van der Waals surface area contributed by atoms with Crippen molar-refractivity contribution in [3.8, 4) is 0 Å². The molecule has 0 radical (unpaired) electrons. The van der Waals surface area contributed by atoms with Crippen molar-refractivity contribution in [3.63, 3.8) is 0 Å². The fourth-order valence-corrected chi connectivity index (χ4v) is 6.19. The molecule has 9 atom stereocenters. The average molecular weight is 336 g/mol. The second kappa shape index (κ2) is 6.53. The number of hydrogen-bond donors (Lipinski definition) is 0. The molecule has 0 spiro atoms. The Kier molecular flexibility index (Phi) is 4.37. The Bertz CT molecular complexity index is 447. The number of ether oxygens (including phenoxy) is 4. The lowest BCUT2D eigenvalue weighted by atomic mass is 9.74. The van der Waals surface area contributed by atoms with Gasteiger partial charge in [-0.05, 0) is 74.5 Å². The van der Waals surface area contributed by atoms with Gasteiger partial charge in [-0.2, -0.15) is 0 Å². The summed E-state index contributed by atoms with van der Waals surface area (Å²) in [5.41, 5.74) is 0. The van der Waals surface area contributed by atoms with Crippen LogP contribution in [-0.2, 0) is 18.9 Å². The Hall–Kier alpha value is -0.160. The standard InChI is InChI=1S/C20H32O4/c1-12(22-9-16-11-24-16)17-6-14-7-20(17)19-5-13(4-18(14)19)2-3-21-8-15-10-23-15/h12-20H,2-11H2,1H3. The third-order valence-corrected chi connectivity index (χ3v) is 7.54. The monoisotopic (exact) mass is 336 g/mol. The van der Waals surface area contributed by atoms with Crippen molar-refractivity contribution >= 4 is 0 Å². The lowest BCUT2D eigenvalue weighted by molar-refractivity contribution is -0.0147. The molecule has 2 aliphatic heterocycles. The summed E-state index contributed by atoms with van der Waals surface area (Å²) in [4.78, 5) is 0. The predicted octanol–water partition coefficient (Wildman–Crippen LogP) is 2.89. The van der Waals surface area contributed by atoms with Gasteiger partial charge in [0.2, 0.25) is 0 Å². The molecule has 4 heteroatoms. The van der Waals surface area contributed by atoms with E-state index >= 15 is 0 Å². The summed E-state index contributed by atoms with van der Waals surface area (Å²) in [6.45, 7) is 6.68. The SMILES string of the molecule is CC(OCC1CO1)C1CC2CC1C1CC(CCOCC3CO3)CC21. The zero-order valence-corrected chi connectivity index (χ0v) is 14.9. The van der Waals surface area contributed by atoms with Gasteiger partial charge in [0.25, 0.3) is 0 Å². The molecule has 2 saturated heterocycles. The van der Waals surface area contributed by atoms with Gasteiger partial charge in [-0.3, -0.25) is 0 Å². The van der Waals surface area contributed by atoms with Crippen LogP contribution >= 0.6 is 0 Å². The molecule has 9 unspecified atom stereocenters. The topological polar surface area (TPSA) is 43.5 Å². The Morgan fingerprint density at radius 3 is 2.46 bits per heavy atom. The summed E-state index contributed by atoms with van der Waals surface area (Å²) in [5, 5.41) is 0. The Morgan fingerprint density at radius 1 is 0.917 bits per heavy atom. The summed E-state index contributed by atoms with van der Waals surface area (Å²) >= 11 is 0. The predicted molar refractivity (Wildman–Crippen MR) is 89.7 cm³/mol. The van der Waals surface area contributed by atoms with E-state index in [4.69, 9.17) is 18.9 Å². The number of hydrogen-bond acceptors (Lipinski definition) is 4. The summed E-state index contributed by atoms with van der Waals surface area (Å²) < 4.78 is 22.4. The lowest BCUT2D eigenvalue weighted by Gasteiger charge is -2.35. The van der Waals surface area contributed by atoms with Gasteiger partial charge in [-0.25, -0.2) is 0 Å². The Labute approximate surface area is 145 Å². The largest absolute Gasteiger partial charge is 0.379 e. The molecule has 3 saturated carbocycles. The summed E-state index contributed by atoms with van der Waals surface area (Å²) in [5.74, 6) is 5.62. The van der Waals surface area contributed by atoms with E-state index in [1.165, 1.54) is 32.1 Å². The first-order chi connectivity index (χ1) is 11.8. The normalized spacial score (nSPS) is 49.4. The van der Waals surface area contributed by atoms with Crippen molar-refractivity contribution in [2.75, 3.05) is 33.0 Å². The van der Waals surface area contributed by atoms with Gasteiger partial charge < -0.3 is 18.9 Å². The van der Waals surface area contributed by atoms with Crippen LogP contribution < -0.4 is 0 Å². The molecular formula is C20H32O4. The summed E-state index contributed by atoms with van der Waals surface area (Å²) in [6.07, 6.45) is 8.30. The highest BCUT2D eigenvalue weighted by molar-refractivity contribution is 5.05. The van der Waals surface area contributed by atoms with E-state index in [2.05, 4.69) is 6.92 Å². The van der Waals surface area contributed by atoms with Gasteiger partial charge in [0, 0.05) is 6.61 Å². The van der Waals surface area contributed by atoms with E-state index in [1.54, 1.807) is 0 Å². The van der Waals surface area contributed by atoms with Crippen LogP contribution in [-0.4, -0.2) is 51.3 Å². The third kappa shape index (κ3) is 3.27. The molecule has 2 heterocycles. The average Bonchev–Trinajstić information content (AvgIpc) is 3.47. The van der Waals surface area contributed by atoms with Gasteiger partial charge in [0.05, 0.1) is 32.5 Å². The highest BCUT2D eigenvalue weighted by Gasteiger charge is 2.56. The minimum Gasteiger partial charge on any atom is -0.379 e. The molecule has 0 aromatic rings. The molecule has 5 rings (SSSR count). The summed E-state index contributed by atoms with van der Waals surface area (Å²) in [6, 6.07) is 0. The van der Waals surface area contributed by atoms with Crippen molar-refractivity contribution < 1.29 is 18.9 Å². The molecule has 5 fully saturated rings. The fourth-order valence-electron chi connectivity index (χ4n) is 6.19. The van der Waals surface area contributed by atoms with Crippen molar-refractivity contribution in [3.05, 3.63) is 0 Å². The quantitative estimate of drug-likeness (QED) is 0.480. The van der Waals surface area contributed by atoms with Gasteiger partial charge in [0.15, 0.2) is 0 Å². The van der Waals surface area contributed by atoms with E-state index in [-0.39, 0.29) is 0 Å². The van der Waals surface area contributed by atoms with E-state index in [9.17, 15) is 0 Å².